The number of likely N-dealkylation sites (N-methyl/N-ethyl adjacent to an activating group) is 1. The van der Waals surface area contributed by atoms with E-state index < -0.39 is 0 Å². The van der Waals surface area contributed by atoms with E-state index in [4.69, 9.17) is 5.73 Å². The zero-order valence-corrected chi connectivity index (χ0v) is 10.6. The van der Waals surface area contributed by atoms with Gasteiger partial charge in [0.25, 0.3) is 0 Å². The van der Waals surface area contributed by atoms with Gasteiger partial charge < -0.3 is 10.6 Å². The molecule has 2 atom stereocenters. The number of primary amides is 1. The smallest absolute Gasteiger partial charge is 0.222 e. The molecule has 96 valence electrons. The fourth-order valence-corrected chi connectivity index (χ4v) is 3.20. The molecule has 5 heteroatoms. The third-order valence-electron chi connectivity index (χ3n) is 4.48. The summed E-state index contributed by atoms with van der Waals surface area (Å²) in [5.74, 6) is -0.0145. The molecule has 0 spiro atoms. The van der Waals surface area contributed by atoms with E-state index in [1.165, 1.54) is 0 Å². The number of piperidine rings is 1. The van der Waals surface area contributed by atoms with Crippen LogP contribution in [0.5, 0.6) is 0 Å². The van der Waals surface area contributed by atoms with Crippen LogP contribution in [-0.2, 0) is 9.59 Å². The fraction of sp³-hybridized carbons (Fsp3) is 0.833. The number of amides is 2. The highest BCUT2D eigenvalue weighted by Gasteiger charge is 2.50. The number of fused-ring (bicyclic) bond motifs is 1. The molecule has 0 aromatic heterocycles. The molecule has 17 heavy (non-hydrogen) atoms. The summed E-state index contributed by atoms with van der Waals surface area (Å²) in [5.41, 5.74) is 5.13. The predicted octanol–water partition coefficient (Wildman–Crippen LogP) is -0.0530. The Kier molecular flexibility index (Phi) is 3.12. The molecule has 0 saturated carbocycles. The lowest BCUT2D eigenvalue weighted by molar-refractivity contribution is -0.141. The zero-order chi connectivity index (χ0) is 12.6. The summed E-state index contributed by atoms with van der Waals surface area (Å²) >= 11 is 0. The van der Waals surface area contributed by atoms with Gasteiger partial charge in [-0.3, -0.25) is 14.5 Å². The van der Waals surface area contributed by atoms with Crippen LogP contribution < -0.4 is 5.73 Å². The lowest BCUT2D eigenvalue weighted by Crippen LogP contribution is -2.59. The van der Waals surface area contributed by atoms with Crippen molar-refractivity contribution in [1.82, 2.24) is 9.80 Å². The van der Waals surface area contributed by atoms with Crippen molar-refractivity contribution >= 4 is 11.8 Å². The Morgan fingerprint density at radius 1 is 1.59 bits per heavy atom. The monoisotopic (exact) mass is 239 g/mol. The number of carbonyl (C=O) groups excluding carboxylic acids is 2. The molecule has 0 radical (unpaired) electrons. The average molecular weight is 239 g/mol. The molecule has 0 aromatic carbocycles. The third kappa shape index (κ3) is 2.04. The van der Waals surface area contributed by atoms with E-state index in [2.05, 4.69) is 11.8 Å². The molecule has 2 heterocycles. The van der Waals surface area contributed by atoms with Crippen LogP contribution in [0.25, 0.3) is 0 Å². The van der Waals surface area contributed by atoms with Crippen LogP contribution in [0.2, 0.25) is 0 Å². The van der Waals surface area contributed by atoms with Crippen molar-refractivity contribution in [2.75, 3.05) is 20.1 Å². The van der Waals surface area contributed by atoms with Crippen molar-refractivity contribution in [3.05, 3.63) is 0 Å². The van der Waals surface area contributed by atoms with Crippen LogP contribution in [0, 0.1) is 0 Å². The van der Waals surface area contributed by atoms with Gasteiger partial charge >= 0.3 is 0 Å². The number of hydrogen-bond acceptors (Lipinski definition) is 3. The van der Waals surface area contributed by atoms with Gasteiger partial charge in [0, 0.05) is 39.0 Å². The molecule has 2 rings (SSSR count). The Morgan fingerprint density at radius 2 is 2.29 bits per heavy atom. The van der Waals surface area contributed by atoms with Gasteiger partial charge in [-0.05, 0) is 19.8 Å². The van der Waals surface area contributed by atoms with Gasteiger partial charge in [0.2, 0.25) is 11.8 Å². The van der Waals surface area contributed by atoms with E-state index in [-0.39, 0.29) is 17.4 Å². The standard InChI is InChI=1S/C12H21N3O2/c1-12-6-8-15(7-5-10(13)16)9(12)3-4-11(17)14(12)2/h9H,3-8H2,1-2H3,(H2,13,16)/t9-,12-/m0/s1. The van der Waals surface area contributed by atoms with E-state index >= 15 is 0 Å². The molecule has 0 aromatic rings. The minimum Gasteiger partial charge on any atom is -0.370 e. The van der Waals surface area contributed by atoms with Gasteiger partial charge in [0.15, 0.2) is 0 Å². The van der Waals surface area contributed by atoms with E-state index in [0.29, 0.717) is 18.9 Å². The maximum absolute atomic E-state index is 11.7. The molecule has 0 aliphatic carbocycles. The summed E-state index contributed by atoms with van der Waals surface area (Å²) in [7, 11) is 1.89. The van der Waals surface area contributed by atoms with E-state index in [0.717, 1.165) is 25.9 Å². The first-order valence-corrected chi connectivity index (χ1v) is 6.24. The quantitative estimate of drug-likeness (QED) is 0.750. The topological polar surface area (TPSA) is 66.6 Å². The molecule has 0 unspecified atom stereocenters. The van der Waals surface area contributed by atoms with Gasteiger partial charge in [0.05, 0.1) is 5.54 Å². The van der Waals surface area contributed by atoms with Crippen LogP contribution in [0.3, 0.4) is 0 Å². The first kappa shape index (κ1) is 12.4. The maximum Gasteiger partial charge on any atom is 0.222 e. The molecule has 2 N–H and O–H groups in total. The zero-order valence-electron chi connectivity index (χ0n) is 10.6. The molecule has 2 fully saturated rings. The minimum atomic E-state index is -0.251. The highest BCUT2D eigenvalue weighted by Crippen LogP contribution is 2.39. The Labute approximate surface area is 102 Å². The number of carbonyl (C=O) groups is 2. The summed E-state index contributed by atoms with van der Waals surface area (Å²) in [6.45, 7) is 3.82. The van der Waals surface area contributed by atoms with Crippen LogP contribution >= 0.6 is 0 Å². The summed E-state index contributed by atoms with van der Waals surface area (Å²) in [4.78, 5) is 26.8. The maximum atomic E-state index is 11.7. The second-order valence-electron chi connectivity index (χ2n) is 5.37. The first-order chi connectivity index (χ1) is 7.95. The van der Waals surface area contributed by atoms with Crippen LogP contribution in [-0.4, -0.2) is 53.3 Å². The number of likely N-dealkylation sites (tertiary alicyclic amines) is 2. The van der Waals surface area contributed by atoms with E-state index in [1.54, 1.807) is 0 Å². The number of hydrogen-bond donors (Lipinski definition) is 1. The van der Waals surface area contributed by atoms with Crippen molar-refractivity contribution in [3.63, 3.8) is 0 Å². The summed E-state index contributed by atoms with van der Waals surface area (Å²) < 4.78 is 0. The minimum absolute atomic E-state index is 0.0625. The SMILES string of the molecule is CN1C(=O)CC[C@@H]2N(CCC(N)=O)CC[C@@]21C. The Bertz CT molecular complexity index is 345. The van der Waals surface area contributed by atoms with Crippen LogP contribution in [0.15, 0.2) is 0 Å². The molecule has 2 aliphatic rings. The lowest BCUT2D eigenvalue weighted by atomic mass is 9.84. The highest BCUT2D eigenvalue weighted by molar-refractivity contribution is 5.78. The summed E-state index contributed by atoms with van der Waals surface area (Å²) in [5, 5.41) is 0. The average Bonchev–Trinajstić information content (AvgIpc) is 2.60. The fourth-order valence-electron chi connectivity index (χ4n) is 3.20. The Balaban J connectivity index is 2.07. The molecule has 2 saturated heterocycles. The lowest BCUT2D eigenvalue weighted by Gasteiger charge is -2.46. The van der Waals surface area contributed by atoms with Crippen molar-refractivity contribution < 1.29 is 9.59 Å². The molecular formula is C12H21N3O2. The molecule has 0 bridgehead atoms. The van der Waals surface area contributed by atoms with Gasteiger partial charge in [-0.15, -0.1) is 0 Å². The summed E-state index contributed by atoms with van der Waals surface area (Å²) in [6.07, 6.45) is 2.91. The van der Waals surface area contributed by atoms with Crippen molar-refractivity contribution in [3.8, 4) is 0 Å². The van der Waals surface area contributed by atoms with Gasteiger partial charge in [-0.25, -0.2) is 0 Å². The molecular weight excluding hydrogens is 218 g/mol. The second kappa shape index (κ2) is 4.29. The highest BCUT2D eigenvalue weighted by atomic mass is 16.2. The Hall–Kier alpha value is -1.10. The normalized spacial score (nSPS) is 33.9. The van der Waals surface area contributed by atoms with Crippen LogP contribution in [0.4, 0.5) is 0 Å². The number of nitrogens with two attached hydrogens (primary N) is 1. The largest absolute Gasteiger partial charge is 0.370 e. The van der Waals surface area contributed by atoms with Crippen molar-refractivity contribution in [2.45, 2.75) is 44.2 Å². The summed E-state index contributed by atoms with van der Waals surface area (Å²) in [6, 6.07) is 0.379. The van der Waals surface area contributed by atoms with Crippen LogP contribution in [0.1, 0.15) is 32.6 Å². The second-order valence-corrected chi connectivity index (χ2v) is 5.37. The van der Waals surface area contributed by atoms with Gasteiger partial charge in [-0.2, -0.15) is 0 Å². The molecule has 2 amide bonds. The molecule has 2 aliphatic heterocycles. The van der Waals surface area contributed by atoms with Gasteiger partial charge in [-0.1, -0.05) is 0 Å². The predicted molar refractivity (Wildman–Crippen MR) is 64.2 cm³/mol. The Morgan fingerprint density at radius 3 is 2.94 bits per heavy atom. The van der Waals surface area contributed by atoms with E-state index in [9.17, 15) is 9.59 Å². The number of nitrogens with zero attached hydrogens (tertiary/aromatic N) is 2. The van der Waals surface area contributed by atoms with Crippen molar-refractivity contribution in [2.24, 2.45) is 5.73 Å². The van der Waals surface area contributed by atoms with Crippen molar-refractivity contribution in [1.29, 1.82) is 0 Å². The first-order valence-electron chi connectivity index (χ1n) is 6.24. The van der Waals surface area contributed by atoms with E-state index in [1.807, 2.05) is 11.9 Å². The molecule has 5 nitrogen and oxygen atoms in total. The van der Waals surface area contributed by atoms with Gasteiger partial charge in [0.1, 0.15) is 0 Å². The number of rotatable bonds is 3. The third-order valence-corrected chi connectivity index (χ3v) is 4.48.